The van der Waals surface area contributed by atoms with Gasteiger partial charge in [0, 0.05) is 19.6 Å². The summed E-state index contributed by atoms with van der Waals surface area (Å²) in [6, 6.07) is 4.94. The molecule has 3 rings (SSSR count). The van der Waals surface area contributed by atoms with Gasteiger partial charge < -0.3 is 9.47 Å². The van der Waals surface area contributed by atoms with Crippen LogP contribution < -0.4 is 4.74 Å². The third-order valence-electron chi connectivity index (χ3n) is 4.54. The van der Waals surface area contributed by atoms with Crippen molar-refractivity contribution in [2.24, 2.45) is 0 Å². The van der Waals surface area contributed by atoms with Crippen LogP contribution in [-0.4, -0.2) is 44.0 Å². The molecule has 29 heavy (non-hydrogen) atoms. The molecular formula is C21H21F4NO2S. The second kappa shape index (κ2) is 9.65. The van der Waals surface area contributed by atoms with E-state index in [0.29, 0.717) is 37.7 Å². The molecule has 1 heterocycles. The number of hydrogen-bond donors (Lipinski definition) is 0. The van der Waals surface area contributed by atoms with Gasteiger partial charge in [-0.05, 0) is 30.9 Å². The van der Waals surface area contributed by atoms with Crippen molar-refractivity contribution >= 4 is 17.8 Å². The first-order valence-corrected chi connectivity index (χ1v) is 10.3. The van der Waals surface area contributed by atoms with Crippen molar-refractivity contribution in [2.45, 2.75) is 11.8 Å². The van der Waals surface area contributed by atoms with Crippen molar-refractivity contribution < 1.29 is 27.0 Å². The predicted octanol–water partition coefficient (Wildman–Crippen LogP) is 5.41. The van der Waals surface area contributed by atoms with Gasteiger partial charge in [-0.1, -0.05) is 18.2 Å². The molecule has 0 aliphatic carbocycles. The minimum Gasteiger partial charge on any atom is -0.450 e. The fraction of sp³-hybridized carbons (Fsp3) is 0.333. The van der Waals surface area contributed by atoms with Crippen molar-refractivity contribution in [2.75, 3.05) is 39.1 Å². The van der Waals surface area contributed by atoms with Crippen molar-refractivity contribution in [3.05, 3.63) is 58.7 Å². The van der Waals surface area contributed by atoms with Crippen molar-refractivity contribution in [1.29, 1.82) is 0 Å². The molecule has 0 N–H and O–H groups in total. The zero-order chi connectivity index (χ0) is 21.0. The number of morpholine rings is 1. The zero-order valence-electron chi connectivity index (χ0n) is 16.1. The topological polar surface area (TPSA) is 21.7 Å². The van der Waals surface area contributed by atoms with Crippen LogP contribution in [0.2, 0.25) is 0 Å². The van der Waals surface area contributed by atoms with Gasteiger partial charge in [0.25, 0.3) is 0 Å². The molecule has 0 spiro atoms. The minimum atomic E-state index is -1.57. The van der Waals surface area contributed by atoms with Crippen LogP contribution in [0.3, 0.4) is 0 Å². The number of ether oxygens (including phenoxy) is 2. The van der Waals surface area contributed by atoms with Crippen LogP contribution in [0.25, 0.3) is 6.08 Å². The normalized spacial score (nSPS) is 15.2. The summed E-state index contributed by atoms with van der Waals surface area (Å²) in [6.07, 6.45) is 4.28. The Hall–Kier alpha value is -2.03. The summed E-state index contributed by atoms with van der Waals surface area (Å²) >= 11 is 1.29. The Morgan fingerprint density at radius 2 is 1.72 bits per heavy atom. The summed E-state index contributed by atoms with van der Waals surface area (Å²) < 4.78 is 68.4. The molecule has 0 radical (unpaired) electrons. The first-order valence-electron chi connectivity index (χ1n) is 9.07. The summed E-state index contributed by atoms with van der Waals surface area (Å²) in [5, 5.41) is 0. The average Bonchev–Trinajstić information content (AvgIpc) is 2.73. The molecule has 8 heteroatoms. The quantitative estimate of drug-likeness (QED) is 0.349. The molecule has 0 unspecified atom stereocenters. The number of hydrogen-bond acceptors (Lipinski definition) is 4. The predicted molar refractivity (Wildman–Crippen MR) is 106 cm³/mol. The van der Waals surface area contributed by atoms with Crippen LogP contribution in [-0.2, 0) is 4.74 Å². The van der Waals surface area contributed by atoms with Gasteiger partial charge in [0.05, 0.1) is 23.7 Å². The molecule has 0 saturated carbocycles. The third kappa shape index (κ3) is 4.94. The minimum absolute atomic E-state index is 0.121. The van der Waals surface area contributed by atoms with Gasteiger partial charge in [0.2, 0.25) is 17.4 Å². The molecule has 156 valence electrons. The van der Waals surface area contributed by atoms with Crippen LogP contribution in [0.15, 0.2) is 29.2 Å². The molecule has 1 saturated heterocycles. The molecule has 3 nitrogen and oxygen atoms in total. The number of halogens is 4. The first-order chi connectivity index (χ1) is 13.9. The number of nitrogens with zero attached hydrogens (tertiary/aromatic N) is 1. The van der Waals surface area contributed by atoms with Crippen LogP contribution in [0.1, 0.15) is 11.1 Å². The lowest BCUT2D eigenvalue weighted by molar-refractivity contribution is 0.0435. The lowest BCUT2D eigenvalue weighted by Crippen LogP contribution is -2.36. The number of aryl methyl sites for hydroxylation is 1. The largest absolute Gasteiger partial charge is 0.450 e. The Balaban J connectivity index is 1.87. The Bertz CT molecular complexity index is 885. The molecule has 1 fully saturated rings. The molecule has 0 amide bonds. The van der Waals surface area contributed by atoms with E-state index in [-0.39, 0.29) is 5.75 Å². The number of thioether (sulfide) groups is 1. The van der Waals surface area contributed by atoms with Gasteiger partial charge in [-0.2, -0.15) is 8.78 Å². The van der Waals surface area contributed by atoms with E-state index in [4.69, 9.17) is 9.47 Å². The van der Waals surface area contributed by atoms with E-state index in [2.05, 4.69) is 0 Å². The zero-order valence-corrected chi connectivity index (χ0v) is 16.9. The standard InChI is InChI=1S/C21H21F4NO2S/c1-13-5-6-15(16(12-13)29-2)28-21-19(24)17(22)14(18(23)20(21)25)4-3-7-26-8-10-27-11-9-26/h3-6,12H,7-11H2,1-2H3. The maximum Gasteiger partial charge on any atom is 0.205 e. The Labute approximate surface area is 171 Å². The molecule has 0 aromatic heterocycles. The molecular weight excluding hydrogens is 406 g/mol. The first kappa shape index (κ1) is 21.7. The van der Waals surface area contributed by atoms with Crippen molar-refractivity contribution in [3.8, 4) is 11.5 Å². The number of rotatable bonds is 6. The SMILES string of the molecule is CSc1cc(C)ccc1Oc1c(F)c(F)c(C=CCN2CCOCC2)c(F)c1F. The fourth-order valence-electron chi connectivity index (χ4n) is 2.94. The Morgan fingerprint density at radius 3 is 2.34 bits per heavy atom. The molecule has 2 aromatic rings. The monoisotopic (exact) mass is 427 g/mol. The Kier molecular flexibility index (Phi) is 7.21. The van der Waals surface area contributed by atoms with Crippen LogP contribution in [0.5, 0.6) is 11.5 Å². The van der Waals surface area contributed by atoms with E-state index >= 15 is 0 Å². The summed E-state index contributed by atoms with van der Waals surface area (Å²) in [6.45, 7) is 4.75. The van der Waals surface area contributed by atoms with Crippen molar-refractivity contribution in [1.82, 2.24) is 4.90 Å². The van der Waals surface area contributed by atoms with E-state index in [0.717, 1.165) is 11.6 Å². The molecule has 2 aromatic carbocycles. The van der Waals surface area contributed by atoms with Gasteiger partial charge in [-0.25, -0.2) is 8.78 Å². The van der Waals surface area contributed by atoms with E-state index in [1.54, 1.807) is 18.4 Å². The number of benzene rings is 2. The average molecular weight is 427 g/mol. The van der Waals surface area contributed by atoms with Crippen LogP contribution in [0, 0.1) is 30.2 Å². The lowest BCUT2D eigenvalue weighted by Gasteiger charge is -2.25. The smallest absolute Gasteiger partial charge is 0.205 e. The summed E-state index contributed by atoms with van der Waals surface area (Å²) in [7, 11) is 0. The fourth-order valence-corrected chi connectivity index (χ4v) is 3.55. The van der Waals surface area contributed by atoms with E-state index < -0.39 is 34.6 Å². The van der Waals surface area contributed by atoms with Gasteiger partial charge in [0.1, 0.15) is 5.75 Å². The van der Waals surface area contributed by atoms with Gasteiger partial charge >= 0.3 is 0 Å². The molecule has 1 aliphatic heterocycles. The van der Waals surface area contributed by atoms with Gasteiger partial charge in [-0.15, -0.1) is 11.8 Å². The lowest BCUT2D eigenvalue weighted by atomic mass is 10.1. The summed E-state index contributed by atoms with van der Waals surface area (Å²) in [4.78, 5) is 2.60. The van der Waals surface area contributed by atoms with Crippen LogP contribution >= 0.6 is 11.8 Å². The molecule has 0 atom stereocenters. The highest BCUT2D eigenvalue weighted by Gasteiger charge is 2.26. The molecule has 0 bridgehead atoms. The van der Waals surface area contributed by atoms with E-state index in [9.17, 15) is 17.6 Å². The highest BCUT2D eigenvalue weighted by molar-refractivity contribution is 7.98. The Morgan fingerprint density at radius 1 is 1.07 bits per heavy atom. The maximum atomic E-state index is 14.5. The van der Waals surface area contributed by atoms with E-state index in [1.807, 2.05) is 11.8 Å². The van der Waals surface area contributed by atoms with Gasteiger partial charge in [-0.3, -0.25) is 4.90 Å². The maximum absolute atomic E-state index is 14.5. The third-order valence-corrected chi connectivity index (χ3v) is 5.30. The van der Waals surface area contributed by atoms with Gasteiger partial charge in [0.15, 0.2) is 11.6 Å². The van der Waals surface area contributed by atoms with Crippen LogP contribution in [0.4, 0.5) is 17.6 Å². The highest BCUT2D eigenvalue weighted by atomic mass is 32.2. The summed E-state index contributed by atoms with van der Waals surface area (Å²) in [5.41, 5.74) is 0.148. The highest BCUT2D eigenvalue weighted by Crippen LogP contribution is 2.37. The van der Waals surface area contributed by atoms with Crippen molar-refractivity contribution in [3.63, 3.8) is 0 Å². The van der Waals surface area contributed by atoms with E-state index in [1.165, 1.54) is 23.9 Å². The molecule has 1 aliphatic rings. The second-order valence-electron chi connectivity index (χ2n) is 6.57. The summed E-state index contributed by atoms with van der Waals surface area (Å²) in [5.74, 6) is -7.09. The second-order valence-corrected chi connectivity index (χ2v) is 7.42.